The number of urea groups is 1. The van der Waals surface area contributed by atoms with Gasteiger partial charge in [0.15, 0.2) is 0 Å². The van der Waals surface area contributed by atoms with Gasteiger partial charge in [0, 0.05) is 23.0 Å². The highest BCUT2D eigenvalue weighted by atomic mass is 35.5. The molecule has 2 fully saturated rings. The first-order chi connectivity index (χ1) is 12.8. The van der Waals surface area contributed by atoms with Crippen molar-refractivity contribution in [1.82, 2.24) is 15.5 Å². The molecule has 1 aliphatic heterocycles. The molecule has 1 aromatic rings. The van der Waals surface area contributed by atoms with Crippen molar-refractivity contribution in [3.05, 3.63) is 33.8 Å². The number of imide groups is 1. The highest BCUT2D eigenvalue weighted by molar-refractivity contribution is 6.35. The lowest BCUT2D eigenvalue weighted by Gasteiger charge is -2.20. The minimum absolute atomic E-state index is 0.147. The van der Waals surface area contributed by atoms with Crippen LogP contribution >= 0.6 is 23.2 Å². The van der Waals surface area contributed by atoms with Crippen molar-refractivity contribution in [1.29, 1.82) is 0 Å². The zero-order valence-electron chi connectivity index (χ0n) is 15.2. The van der Waals surface area contributed by atoms with Crippen LogP contribution in [0.4, 0.5) is 4.79 Å². The molecule has 1 aromatic carbocycles. The van der Waals surface area contributed by atoms with Gasteiger partial charge >= 0.3 is 6.03 Å². The Kier molecular flexibility index (Phi) is 5.96. The average molecular weight is 412 g/mol. The topological polar surface area (TPSA) is 78.5 Å². The molecule has 1 atom stereocenters. The van der Waals surface area contributed by atoms with E-state index in [0.717, 1.165) is 18.4 Å². The fraction of sp³-hybridized carbons (Fsp3) is 0.526. The summed E-state index contributed by atoms with van der Waals surface area (Å²) >= 11 is 12.1. The summed E-state index contributed by atoms with van der Waals surface area (Å²) in [5.41, 5.74) is 0.0887. The average Bonchev–Trinajstić information content (AvgIpc) is 3.15. The predicted octanol–water partition coefficient (Wildman–Crippen LogP) is 3.82. The molecule has 1 saturated heterocycles. The maximum Gasteiger partial charge on any atom is 0.325 e. The molecule has 0 bridgehead atoms. The van der Waals surface area contributed by atoms with E-state index in [-0.39, 0.29) is 36.9 Å². The molecule has 2 aliphatic rings. The summed E-state index contributed by atoms with van der Waals surface area (Å²) < 4.78 is 0. The van der Waals surface area contributed by atoms with Gasteiger partial charge in [-0.1, -0.05) is 42.1 Å². The molecule has 6 nitrogen and oxygen atoms in total. The molecule has 146 valence electrons. The van der Waals surface area contributed by atoms with Gasteiger partial charge < -0.3 is 10.6 Å². The Labute approximate surface area is 168 Å². The predicted molar refractivity (Wildman–Crippen MR) is 104 cm³/mol. The quantitative estimate of drug-likeness (QED) is 0.698. The van der Waals surface area contributed by atoms with Gasteiger partial charge in [-0.05, 0) is 43.9 Å². The van der Waals surface area contributed by atoms with Crippen LogP contribution in [0.25, 0.3) is 0 Å². The molecular formula is C19H23Cl2N3O3. The summed E-state index contributed by atoms with van der Waals surface area (Å²) in [5, 5.41) is 6.76. The van der Waals surface area contributed by atoms with Crippen LogP contribution in [0, 0.1) is 0 Å². The molecule has 2 N–H and O–H groups in total. The summed E-state index contributed by atoms with van der Waals surface area (Å²) in [7, 11) is 0. The number of rotatable bonds is 6. The first-order valence-corrected chi connectivity index (χ1v) is 9.96. The summed E-state index contributed by atoms with van der Waals surface area (Å²) in [6, 6.07) is 4.54. The zero-order chi connectivity index (χ0) is 19.6. The third-order valence-corrected chi connectivity index (χ3v) is 5.86. The number of carbonyl (C=O) groups excluding carboxylic acids is 3. The molecule has 8 heteroatoms. The first kappa shape index (κ1) is 20.0. The van der Waals surface area contributed by atoms with E-state index in [9.17, 15) is 14.4 Å². The van der Waals surface area contributed by atoms with Crippen molar-refractivity contribution in [2.45, 2.75) is 57.0 Å². The fourth-order valence-corrected chi connectivity index (χ4v) is 4.41. The highest BCUT2D eigenvalue weighted by Gasteiger charge is 2.52. The number of hydrogen-bond acceptors (Lipinski definition) is 3. The van der Waals surface area contributed by atoms with E-state index in [1.807, 2.05) is 6.92 Å². The number of hydrogen-bond donors (Lipinski definition) is 2. The van der Waals surface area contributed by atoms with Gasteiger partial charge in [-0.3, -0.25) is 14.5 Å². The number of amides is 4. The normalized spacial score (nSPS) is 19.4. The van der Waals surface area contributed by atoms with Crippen molar-refractivity contribution in [3.8, 4) is 0 Å². The second kappa shape index (κ2) is 8.07. The van der Waals surface area contributed by atoms with Gasteiger partial charge in [0.2, 0.25) is 5.91 Å². The third kappa shape index (κ3) is 4.22. The molecule has 3 rings (SSSR count). The smallest absolute Gasteiger partial charge is 0.325 e. The summed E-state index contributed by atoms with van der Waals surface area (Å²) in [6.07, 6.45) is 3.95. The molecule has 1 spiro atoms. The Morgan fingerprint density at radius 1 is 1.30 bits per heavy atom. The lowest BCUT2D eigenvalue weighted by atomic mass is 9.98. The van der Waals surface area contributed by atoms with Crippen LogP contribution in [0.3, 0.4) is 0 Å². The van der Waals surface area contributed by atoms with Crippen molar-refractivity contribution in [2.75, 3.05) is 6.54 Å². The van der Waals surface area contributed by atoms with Crippen molar-refractivity contribution >= 4 is 41.0 Å². The zero-order valence-corrected chi connectivity index (χ0v) is 16.7. The van der Waals surface area contributed by atoms with Crippen LogP contribution in [0.1, 0.15) is 57.1 Å². The second-order valence-corrected chi connectivity index (χ2v) is 8.08. The molecule has 27 heavy (non-hydrogen) atoms. The first-order valence-electron chi connectivity index (χ1n) is 9.21. The molecule has 0 unspecified atom stereocenters. The minimum atomic E-state index is -0.695. The van der Waals surface area contributed by atoms with Crippen molar-refractivity contribution in [2.24, 2.45) is 0 Å². The Morgan fingerprint density at radius 3 is 2.67 bits per heavy atom. The van der Waals surface area contributed by atoms with Gasteiger partial charge in [-0.2, -0.15) is 0 Å². The van der Waals surface area contributed by atoms with E-state index >= 15 is 0 Å². The number of benzene rings is 1. The molecule has 0 aromatic heterocycles. The van der Waals surface area contributed by atoms with E-state index in [1.54, 1.807) is 18.2 Å². The van der Waals surface area contributed by atoms with Crippen LogP contribution in [-0.4, -0.2) is 34.8 Å². The molecule has 1 aliphatic carbocycles. The van der Waals surface area contributed by atoms with E-state index in [2.05, 4.69) is 10.6 Å². The van der Waals surface area contributed by atoms with Gasteiger partial charge in [-0.15, -0.1) is 0 Å². The highest BCUT2D eigenvalue weighted by Crippen LogP contribution is 2.35. The summed E-state index contributed by atoms with van der Waals surface area (Å²) in [4.78, 5) is 38.1. The second-order valence-electron chi connectivity index (χ2n) is 7.23. The van der Waals surface area contributed by atoms with Gasteiger partial charge in [0.05, 0.1) is 6.04 Å². The molecule has 1 saturated carbocycles. The molecule has 0 radical (unpaired) electrons. The SMILES string of the molecule is C[C@@H](NC(=O)CCCN1C(=O)NC2(CCCC2)C1=O)c1ccc(Cl)cc1Cl. The summed E-state index contributed by atoms with van der Waals surface area (Å²) in [5.74, 6) is -0.303. The van der Waals surface area contributed by atoms with E-state index in [0.29, 0.717) is 29.3 Å². The Hall–Kier alpha value is -1.79. The largest absolute Gasteiger partial charge is 0.350 e. The van der Waals surface area contributed by atoms with Gasteiger partial charge in [0.1, 0.15) is 5.54 Å². The van der Waals surface area contributed by atoms with Crippen LogP contribution < -0.4 is 10.6 Å². The molecule has 1 heterocycles. The Morgan fingerprint density at radius 2 is 2.00 bits per heavy atom. The standard InChI is InChI=1S/C19H23Cl2N3O3/c1-12(14-7-6-13(20)11-15(14)21)22-16(25)5-4-10-24-17(26)19(23-18(24)27)8-2-3-9-19/h6-7,11-12H,2-5,8-10H2,1H3,(H,22,25)(H,23,27)/t12-/m1/s1. The minimum Gasteiger partial charge on any atom is -0.350 e. The Bertz CT molecular complexity index is 763. The van der Waals surface area contributed by atoms with Crippen LogP contribution in [0.2, 0.25) is 10.0 Å². The van der Waals surface area contributed by atoms with Crippen LogP contribution in [-0.2, 0) is 9.59 Å². The van der Waals surface area contributed by atoms with Gasteiger partial charge in [0.25, 0.3) is 5.91 Å². The number of halogens is 2. The molecular weight excluding hydrogens is 389 g/mol. The fourth-order valence-electron chi connectivity index (χ4n) is 3.84. The third-order valence-electron chi connectivity index (χ3n) is 5.30. The number of nitrogens with one attached hydrogen (secondary N) is 2. The van der Waals surface area contributed by atoms with Gasteiger partial charge in [-0.25, -0.2) is 4.79 Å². The van der Waals surface area contributed by atoms with Crippen LogP contribution in [0.5, 0.6) is 0 Å². The van der Waals surface area contributed by atoms with E-state index in [1.165, 1.54) is 4.90 Å². The Balaban J connectivity index is 1.48. The maximum absolute atomic E-state index is 12.6. The van der Waals surface area contributed by atoms with E-state index < -0.39 is 5.54 Å². The summed E-state index contributed by atoms with van der Waals surface area (Å²) in [6.45, 7) is 2.09. The number of carbonyl (C=O) groups is 3. The van der Waals surface area contributed by atoms with E-state index in [4.69, 9.17) is 23.2 Å². The van der Waals surface area contributed by atoms with Crippen LogP contribution in [0.15, 0.2) is 18.2 Å². The molecule has 4 amide bonds. The lowest BCUT2D eigenvalue weighted by Crippen LogP contribution is -2.44. The monoisotopic (exact) mass is 411 g/mol. The maximum atomic E-state index is 12.6. The van der Waals surface area contributed by atoms with Crippen molar-refractivity contribution < 1.29 is 14.4 Å². The number of nitrogens with zero attached hydrogens (tertiary/aromatic N) is 1. The van der Waals surface area contributed by atoms with Crippen molar-refractivity contribution in [3.63, 3.8) is 0 Å². The lowest BCUT2D eigenvalue weighted by molar-refractivity contribution is -0.131.